The first kappa shape index (κ1) is 22.5. The Kier molecular flexibility index (Phi) is 5.86. The topological polar surface area (TPSA) is 117 Å². The number of hydrogen-bond donors (Lipinski definition) is 2. The van der Waals surface area contributed by atoms with Gasteiger partial charge < -0.3 is 24.7 Å². The molecule has 0 saturated carbocycles. The molecule has 3 heterocycles. The summed E-state index contributed by atoms with van der Waals surface area (Å²) in [5.74, 6) is 0.0601. The Morgan fingerprint density at radius 1 is 1.11 bits per heavy atom. The zero-order chi connectivity index (χ0) is 24.5. The highest BCUT2D eigenvalue weighted by Crippen LogP contribution is 2.49. The molecule has 3 aromatic rings. The molecule has 0 saturated heterocycles. The molecular weight excluding hydrogens is 450 g/mol. The van der Waals surface area contributed by atoms with Gasteiger partial charge in [-0.05, 0) is 18.2 Å². The molecule has 1 atom stereocenters. The zero-order valence-corrected chi connectivity index (χ0v) is 19.4. The maximum atomic E-state index is 13.7. The summed E-state index contributed by atoms with van der Waals surface area (Å²) in [6.45, 7) is 0.594. The summed E-state index contributed by atoms with van der Waals surface area (Å²) < 4.78 is 10.9. The van der Waals surface area contributed by atoms with E-state index in [4.69, 9.17) is 9.47 Å². The largest absolute Gasteiger partial charge is 0.493 e. The smallest absolute Gasteiger partial charge is 0.264 e. The highest BCUT2D eigenvalue weighted by Gasteiger charge is 2.49. The van der Waals surface area contributed by atoms with E-state index >= 15 is 0 Å². The maximum absolute atomic E-state index is 13.7. The van der Waals surface area contributed by atoms with Crippen molar-refractivity contribution in [2.75, 3.05) is 32.2 Å². The number of rotatable bonds is 8. The molecule has 3 amide bonds. The number of benzene rings is 2. The summed E-state index contributed by atoms with van der Waals surface area (Å²) in [6.07, 6.45) is 3.34. The molecule has 0 bridgehead atoms. The molecule has 2 aromatic carbocycles. The number of methoxy groups -OCH3 is 2. The van der Waals surface area contributed by atoms with Crippen molar-refractivity contribution in [1.82, 2.24) is 20.2 Å². The van der Waals surface area contributed by atoms with Crippen LogP contribution in [-0.4, -0.2) is 59.9 Å². The van der Waals surface area contributed by atoms with Gasteiger partial charge >= 0.3 is 0 Å². The summed E-state index contributed by atoms with van der Waals surface area (Å²) in [5.41, 5.74) is 2.86. The molecule has 10 nitrogen and oxygen atoms in total. The van der Waals surface area contributed by atoms with Gasteiger partial charge in [0.1, 0.15) is 6.17 Å². The van der Waals surface area contributed by atoms with Crippen LogP contribution in [-0.2, 0) is 11.2 Å². The van der Waals surface area contributed by atoms with E-state index in [-0.39, 0.29) is 30.7 Å². The molecular formula is C25H25N5O5. The number of carbonyl (C=O) groups excluding carboxylic acids is 3. The number of carbonyl (C=O) groups is 3. The van der Waals surface area contributed by atoms with E-state index in [1.807, 2.05) is 0 Å². The van der Waals surface area contributed by atoms with E-state index in [0.29, 0.717) is 46.8 Å². The van der Waals surface area contributed by atoms with Gasteiger partial charge in [0.05, 0.1) is 37.4 Å². The van der Waals surface area contributed by atoms with Crippen LogP contribution in [0.3, 0.4) is 0 Å². The Morgan fingerprint density at radius 3 is 2.69 bits per heavy atom. The Morgan fingerprint density at radius 2 is 1.94 bits per heavy atom. The minimum absolute atomic E-state index is 0.0953. The lowest BCUT2D eigenvalue weighted by molar-refractivity contribution is -0.121. The number of anilines is 1. The van der Waals surface area contributed by atoms with Crippen LogP contribution < -0.4 is 19.7 Å². The standard InChI is InChI=1S/C25H25N5O5/c1-34-19-8-7-17-21(22(19)35-2)25(33)30-18-6-4-3-5-16(18)24(32)29(23(17)30)12-10-20(31)27-11-9-15-13-26-14-28-15/h3-8,13-14,23H,9-12H2,1-2H3,(H,26,28)(H,27,31)/t23-/m1/s1. The first-order valence-electron chi connectivity index (χ1n) is 11.3. The number of ether oxygens (including phenoxy) is 2. The maximum Gasteiger partial charge on any atom is 0.264 e. The summed E-state index contributed by atoms with van der Waals surface area (Å²) >= 11 is 0. The van der Waals surface area contributed by atoms with Crippen molar-refractivity contribution in [2.24, 2.45) is 0 Å². The third kappa shape index (κ3) is 3.76. The van der Waals surface area contributed by atoms with Crippen LogP contribution in [0, 0.1) is 0 Å². The average Bonchev–Trinajstić information content (AvgIpc) is 3.50. The number of hydrogen-bond acceptors (Lipinski definition) is 6. The Labute approximate surface area is 201 Å². The number of amides is 3. The lowest BCUT2D eigenvalue weighted by Gasteiger charge is -2.40. The first-order chi connectivity index (χ1) is 17.0. The van der Waals surface area contributed by atoms with Gasteiger partial charge in [0.2, 0.25) is 5.91 Å². The minimum Gasteiger partial charge on any atom is -0.493 e. The molecule has 180 valence electrons. The molecule has 2 N–H and O–H groups in total. The van der Waals surface area contributed by atoms with E-state index in [1.54, 1.807) is 58.7 Å². The number of para-hydroxylation sites is 1. The van der Waals surface area contributed by atoms with E-state index < -0.39 is 6.17 Å². The van der Waals surface area contributed by atoms with Crippen molar-refractivity contribution < 1.29 is 23.9 Å². The molecule has 0 aliphatic carbocycles. The lowest BCUT2D eigenvalue weighted by Crippen LogP contribution is -2.49. The van der Waals surface area contributed by atoms with Gasteiger partial charge in [-0.25, -0.2) is 4.98 Å². The van der Waals surface area contributed by atoms with Crippen molar-refractivity contribution >= 4 is 23.4 Å². The second kappa shape index (κ2) is 9.13. The van der Waals surface area contributed by atoms with E-state index in [1.165, 1.54) is 14.2 Å². The van der Waals surface area contributed by atoms with Crippen molar-refractivity contribution in [1.29, 1.82) is 0 Å². The van der Waals surface area contributed by atoms with Gasteiger partial charge in [-0.3, -0.25) is 19.3 Å². The second-order valence-corrected chi connectivity index (χ2v) is 8.26. The van der Waals surface area contributed by atoms with Crippen LogP contribution >= 0.6 is 0 Å². The predicted molar refractivity (Wildman–Crippen MR) is 126 cm³/mol. The molecule has 5 rings (SSSR count). The molecule has 2 aliphatic rings. The Hall–Kier alpha value is -4.34. The molecule has 2 aliphatic heterocycles. The number of fused-ring (bicyclic) bond motifs is 5. The Bertz CT molecular complexity index is 1290. The summed E-state index contributed by atoms with van der Waals surface area (Å²) in [5, 5.41) is 2.87. The average molecular weight is 476 g/mol. The molecule has 0 fully saturated rings. The van der Waals surface area contributed by atoms with Gasteiger partial charge in [-0.15, -0.1) is 0 Å². The minimum atomic E-state index is -0.683. The van der Waals surface area contributed by atoms with Crippen LogP contribution in [0.15, 0.2) is 48.9 Å². The molecule has 1 aromatic heterocycles. The van der Waals surface area contributed by atoms with Gasteiger partial charge in [-0.2, -0.15) is 0 Å². The zero-order valence-electron chi connectivity index (χ0n) is 19.4. The second-order valence-electron chi connectivity index (χ2n) is 8.26. The fourth-order valence-electron chi connectivity index (χ4n) is 4.72. The van der Waals surface area contributed by atoms with Crippen molar-refractivity contribution in [3.05, 3.63) is 71.3 Å². The van der Waals surface area contributed by atoms with Crippen LogP contribution in [0.5, 0.6) is 11.5 Å². The normalized spacial score (nSPS) is 16.0. The third-order valence-corrected chi connectivity index (χ3v) is 6.33. The molecule has 35 heavy (non-hydrogen) atoms. The molecule has 0 unspecified atom stereocenters. The van der Waals surface area contributed by atoms with E-state index in [2.05, 4.69) is 15.3 Å². The molecule has 0 spiro atoms. The van der Waals surface area contributed by atoms with Crippen LogP contribution in [0.2, 0.25) is 0 Å². The Balaban J connectivity index is 1.43. The summed E-state index contributed by atoms with van der Waals surface area (Å²) in [4.78, 5) is 49.9. The third-order valence-electron chi connectivity index (χ3n) is 6.33. The van der Waals surface area contributed by atoms with Crippen molar-refractivity contribution in [3.63, 3.8) is 0 Å². The highest BCUT2D eigenvalue weighted by molar-refractivity contribution is 6.18. The number of nitrogens with one attached hydrogen (secondary N) is 2. The fraction of sp³-hybridized carbons (Fsp3) is 0.280. The van der Waals surface area contributed by atoms with Gasteiger partial charge in [0, 0.05) is 43.4 Å². The van der Waals surface area contributed by atoms with E-state index in [9.17, 15) is 14.4 Å². The number of aromatic nitrogens is 2. The van der Waals surface area contributed by atoms with E-state index in [0.717, 1.165) is 5.69 Å². The van der Waals surface area contributed by atoms with Crippen LogP contribution in [0.4, 0.5) is 5.69 Å². The van der Waals surface area contributed by atoms with Gasteiger partial charge in [0.15, 0.2) is 11.5 Å². The SMILES string of the molecule is COc1ccc2c(c1OC)C(=O)N1c3ccccc3C(=O)N(CCC(=O)NCCc3cnc[nH]3)[C@@H]21. The monoisotopic (exact) mass is 475 g/mol. The summed E-state index contributed by atoms with van der Waals surface area (Å²) in [7, 11) is 2.99. The van der Waals surface area contributed by atoms with Gasteiger partial charge in [-0.1, -0.05) is 18.2 Å². The van der Waals surface area contributed by atoms with Gasteiger partial charge in [0.25, 0.3) is 11.8 Å². The first-order valence-corrected chi connectivity index (χ1v) is 11.3. The van der Waals surface area contributed by atoms with Crippen molar-refractivity contribution in [3.8, 4) is 11.5 Å². The quantitative estimate of drug-likeness (QED) is 0.516. The van der Waals surface area contributed by atoms with Crippen molar-refractivity contribution in [2.45, 2.75) is 19.0 Å². The molecule has 10 heteroatoms. The van der Waals surface area contributed by atoms with Crippen LogP contribution in [0.25, 0.3) is 0 Å². The number of imidazole rings is 1. The fourth-order valence-corrected chi connectivity index (χ4v) is 4.72. The summed E-state index contributed by atoms with van der Waals surface area (Å²) in [6, 6.07) is 10.5. The number of H-pyrrole nitrogens is 1. The highest BCUT2D eigenvalue weighted by atomic mass is 16.5. The molecule has 0 radical (unpaired) electrons. The lowest BCUT2D eigenvalue weighted by atomic mass is 10.0. The number of nitrogens with zero attached hydrogens (tertiary/aromatic N) is 3. The predicted octanol–water partition coefficient (Wildman–Crippen LogP) is 2.29. The number of aromatic amines is 1. The van der Waals surface area contributed by atoms with Crippen LogP contribution in [0.1, 0.15) is 44.6 Å².